The van der Waals surface area contributed by atoms with Crippen LogP contribution < -0.4 is 11.1 Å². The first-order chi connectivity index (χ1) is 5.74. The van der Waals surface area contributed by atoms with Gasteiger partial charge in [-0.25, -0.2) is 4.39 Å². The molecule has 12 heavy (non-hydrogen) atoms. The predicted molar refractivity (Wildman–Crippen MR) is 50.5 cm³/mol. The first-order valence-electron chi connectivity index (χ1n) is 4.08. The second-order valence-electron chi connectivity index (χ2n) is 2.58. The van der Waals surface area contributed by atoms with Gasteiger partial charge in [0.1, 0.15) is 6.67 Å². The van der Waals surface area contributed by atoms with Crippen molar-refractivity contribution >= 4 is 0 Å². The van der Waals surface area contributed by atoms with E-state index in [-0.39, 0.29) is 0 Å². The highest BCUT2D eigenvalue weighted by molar-refractivity contribution is 5.20. The van der Waals surface area contributed by atoms with Crippen molar-refractivity contribution in [2.75, 3.05) is 19.8 Å². The summed E-state index contributed by atoms with van der Waals surface area (Å²) in [7, 11) is 0. The second kappa shape index (κ2) is 6.85. The van der Waals surface area contributed by atoms with Crippen LogP contribution in [0.15, 0.2) is 23.4 Å². The minimum atomic E-state index is -0.401. The van der Waals surface area contributed by atoms with Gasteiger partial charge in [-0.15, -0.1) is 0 Å². The van der Waals surface area contributed by atoms with Crippen LogP contribution in [0.5, 0.6) is 0 Å². The van der Waals surface area contributed by atoms with E-state index in [1.165, 1.54) is 0 Å². The lowest BCUT2D eigenvalue weighted by Crippen LogP contribution is -2.21. The molecule has 0 unspecified atom stereocenters. The van der Waals surface area contributed by atoms with E-state index in [4.69, 9.17) is 5.73 Å². The molecule has 0 saturated heterocycles. The third-order valence-corrected chi connectivity index (χ3v) is 1.40. The summed E-state index contributed by atoms with van der Waals surface area (Å²) >= 11 is 0. The average Bonchev–Trinajstić information content (AvgIpc) is 2.11. The molecule has 0 rings (SSSR count). The van der Waals surface area contributed by atoms with Crippen molar-refractivity contribution in [1.82, 2.24) is 5.32 Å². The van der Waals surface area contributed by atoms with E-state index in [0.717, 1.165) is 12.2 Å². The Labute approximate surface area is 73.3 Å². The predicted octanol–water partition coefficient (Wildman–Crippen LogP) is 1.35. The Balaban J connectivity index is 4.00. The molecule has 0 aliphatic carbocycles. The van der Waals surface area contributed by atoms with E-state index in [0.29, 0.717) is 12.1 Å². The van der Waals surface area contributed by atoms with Gasteiger partial charge in [0.15, 0.2) is 0 Å². The molecule has 70 valence electrons. The highest BCUT2D eigenvalue weighted by atomic mass is 19.1. The van der Waals surface area contributed by atoms with Crippen LogP contribution in [-0.2, 0) is 0 Å². The van der Waals surface area contributed by atoms with Gasteiger partial charge in [-0.3, -0.25) is 0 Å². The summed E-state index contributed by atoms with van der Waals surface area (Å²) in [6.07, 6.45) is 3.68. The molecule has 0 heterocycles. The fourth-order valence-corrected chi connectivity index (χ4v) is 0.757. The van der Waals surface area contributed by atoms with E-state index in [1.807, 2.05) is 13.0 Å². The maximum Gasteiger partial charge on any atom is 0.111 e. The summed E-state index contributed by atoms with van der Waals surface area (Å²) in [6, 6.07) is 0. The summed E-state index contributed by atoms with van der Waals surface area (Å²) in [5, 5.41) is 3.08. The molecule has 0 saturated carbocycles. The topological polar surface area (TPSA) is 38.0 Å². The molecule has 0 aromatic heterocycles. The van der Waals surface area contributed by atoms with Crippen LogP contribution in [0.3, 0.4) is 0 Å². The Morgan fingerprint density at radius 2 is 2.25 bits per heavy atom. The van der Waals surface area contributed by atoms with Crippen molar-refractivity contribution in [3.05, 3.63) is 23.4 Å². The van der Waals surface area contributed by atoms with Crippen molar-refractivity contribution in [2.24, 2.45) is 5.73 Å². The van der Waals surface area contributed by atoms with Crippen LogP contribution in [0.4, 0.5) is 4.39 Å². The standard InChI is InChI=1S/C9H17FN2/c1-3-9(12-5-4-11)6-8(2)7-10/h3,6,12H,4-5,7,11H2,1-2H3/b8-6-,9-3+. The number of nitrogens with two attached hydrogens (primary N) is 1. The van der Waals surface area contributed by atoms with Gasteiger partial charge in [0.25, 0.3) is 0 Å². The first kappa shape index (κ1) is 11.2. The lowest BCUT2D eigenvalue weighted by atomic mass is 10.2. The summed E-state index contributed by atoms with van der Waals surface area (Å²) in [5.41, 5.74) is 6.95. The molecular weight excluding hydrogens is 155 g/mol. The zero-order valence-corrected chi connectivity index (χ0v) is 7.73. The molecule has 0 atom stereocenters. The zero-order valence-electron chi connectivity index (χ0n) is 7.73. The van der Waals surface area contributed by atoms with Crippen LogP contribution in [0.25, 0.3) is 0 Å². The Hall–Kier alpha value is -0.830. The number of alkyl halides is 1. The molecular formula is C9H17FN2. The van der Waals surface area contributed by atoms with Gasteiger partial charge in [-0.05, 0) is 25.5 Å². The normalized spacial score (nSPS) is 13.3. The number of rotatable bonds is 5. The van der Waals surface area contributed by atoms with Crippen molar-refractivity contribution in [3.63, 3.8) is 0 Å². The van der Waals surface area contributed by atoms with Gasteiger partial charge < -0.3 is 11.1 Å². The minimum absolute atomic E-state index is 0.401. The van der Waals surface area contributed by atoms with Crippen molar-refractivity contribution in [2.45, 2.75) is 13.8 Å². The molecule has 0 aliphatic heterocycles. The molecule has 0 fully saturated rings. The molecule has 0 aromatic carbocycles. The molecule has 0 bridgehead atoms. The molecule has 0 spiro atoms. The van der Waals surface area contributed by atoms with Crippen LogP contribution in [0.2, 0.25) is 0 Å². The third kappa shape index (κ3) is 4.91. The number of nitrogens with one attached hydrogen (secondary N) is 1. The van der Waals surface area contributed by atoms with Crippen LogP contribution in [-0.4, -0.2) is 19.8 Å². The van der Waals surface area contributed by atoms with Crippen LogP contribution >= 0.6 is 0 Å². The number of halogens is 1. The maximum atomic E-state index is 12.1. The van der Waals surface area contributed by atoms with Gasteiger partial charge in [0.2, 0.25) is 0 Å². The fraction of sp³-hybridized carbons (Fsp3) is 0.556. The monoisotopic (exact) mass is 172 g/mol. The number of hydrogen-bond donors (Lipinski definition) is 2. The zero-order chi connectivity index (χ0) is 9.40. The van der Waals surface area contributed by atoms with Crippen LogP contribution in [0.1, 0.15) is 13.8 Å². The summed E-state index contributed by atoms with van der Waals surface area (Å²) in [6.45, 7) is 4.56. The third-order valence-electron chi connectivity index (χ3n) is 1.40. The fourth-order valence-electron chi connectivity index (χ4n) is 0.757. The average molecular weight is 172 g/mol. The summed E-state index contributed by atoms with van der Waals surface area (Å²) in [4.78, 5) is 0. The SMILES string of the molecule is C/C=C(\C=C(\C)CF)NCCN. The largest absolute Gasteiger partial charge is 0.384 e. The lowest BCUT2D eigenvalue weighted by Gasteiger charge is -2.05. The van der Waals surface area contributed by atoms with E-state index in [9.17, 15) is 4.39 Å². The van der Waals surface area contributed by atoms with Crippen LogP contribution in [0, 0.1) is 0 Å². The molecule has 3 N–H and O–H groups in total. The van der Waals surface area contributed by atoms with Gasteiger partial charge in [-0.2, -0.15) is 0 Å². The van der Waals surface area contributed by atoms with Gasteiger partial charge in [-0.1, -0.05) is 6.08 Å². The highest BCUT2D eigenvalue weighted by Crippen LogP contribution is 1.99. The highest BCUT2D eigenvalue weighted by Gasteiger charge is 1.91. The van der Waals surface area contributed by atoms with Crippen molar-refractivity contribution in [3.8, 4) is 0 Å². The molecule has 3 heteroatoms. The number of allylic oxidation sites excluding steroid dienone is 3. The Bertz CT molecular complexity index is 173. The summed E-state index contributed by atoms with van der Waals surface area (Å²) in [5.74, 6) is 0. The smallest absolute Gasteiger partial charge is 0.111 e. The van der Waals surface area contributed by atoms with E-state index in [2.05, 4.69) is 5.32 Å². The maximum absolute atomic E-state index is 12.1. The van der Waals surface area contributed by atoms with E-state index < -0.39 is 6.67 Å². The Morgan fingerprint density at radius 1 is 1.58 bits per heavy atom. The minimum Gasteiger partial charge on any atom is -0.384 e. The Kier molecular flexibility index (Phi) is 6.38. The van der Waals surface area contributed by atoms with Gasteiger partial charge >= 0.3 is 0 Å². The lowest BCUT2D eigenvalue weighted by molar-refractivity contribution is 0.542. The second-order valence-corrected chi connectivity index (χ2v) is 2.58. The Morgan fingerprint density at radius 3 is 2.67 bits per heavy atom. The molecule has 2 nitrogen and oxygen atoms in total. The van der Waals surface area contributed by atoms with Crippen molar-refractivity contribution < 1.29 is 4.39 Å². The molecule has 0 aliphatic rings. The van der Waals surface area contributed by atoms with E-state index >= 15 is 0 Å². The van der Waals surface area contributed by atoms with Gasteiger partial charge in [0.05, 0.1) is 0 Å². The molecule has 0 amide bonds. The molecule has 0 aromatic rings. The molecule has 0 radical (unpaired) electrons. The van der Waals surface area contributed by atoms with Gasteiger partial charge in [0, 0.05) is 18.8 Å². The van der Waals surface area contributed by atoms with Crippen molar-refractivity contribution in [1.29, 1.82) is 0 Å². The first-order valence-corrected chi connectivity index (χ1v) is 4.08. The van der Waals surface area contributed by atoms with E-state index in [1.54, 1.807) is 13.0 Å². The number of hydrogen-bond acceptors (Lipinski definition) is 2. The quantitative estimate of drug-likeness (QED) is 0.614. The summed E-state index contributed by atoms with van der Waals surface area (Å²) < 4.78 is 12.1.